The zero-order valence-corrected chi connectivity index (χ0v) is 16.3. The second kappa shape index (κ2) is 7.95. The predicted molar refractivity (Wildman–Crippen MR) is 112 cm³/mol. The summed E-state index contributed by atoms with van der Waals surface area (Å²) in [6.45, 7) is 4.91. The Bertz CT molecular complexity index is 1030. The van der Waals surface area contributed by atoms with Crippen LogP contribution in [0.4, 0.5) is 16.2 Å². The molecule has 0 bridgehead atoms. The van der Waals surface area contributed by atoms with Gasteiger partial charge in [0.15, 0.2) is 0 Å². The molecule has 1 fully saturated rings. The minimum Gasteiger partial charge on any atom is -0.322 e. The van der Waals surface area contributed by atoms with Crippen LogP contribution in [0.2, 0.25) is 0 Å². The highest BCUT2D eigenvalue weighted by atomic mass is 32.1. The zero-order chi connectivity index (χ0) is 19.5. The molecule has 0 atom stereocenters. The molecule has 3 amide bonds. The number of urea groups is 1. The van der Waals surface area contributed by atoms with Gasteiger partial charge in [0.05, 0.1) is 15.2 Å². The predicted octanol–water partition coefficient (Wildman–Crippen LogP) is 3.29. The van der Waals surface area contributed by atoms with Gasteiger partial charge in [-0.3, -0.25) is 4.79 Å². The van der Waals surface area contributed by atoms with E-state index in [1.54, 1.807) is 52.6 Å². The van der Waals surface area contributed by atoms with Gasteiger partial charge in [-0.2, -0.15) is 0 Å². The van der Waals surface area contributed by atoms with Crippen LogP contribution in [0.5, 0.6) is 0 Å². The molecular formula is C20H21N5O2S. The van der Waals surface area contributed by atoms with E-state index in [2.05, 4.69) is 20.9 Å². The number of piperazine rings is 1. The molecule has 0 radical (unpaired) electrons. The van der Waals surface area contributed by atoms with Gasteiger partial charge in [-0.15, -0.1) is 11.3 Å². The number of thiazole rings is 1. The molecule has 3 aromatic rings. The maximum Gasteiger partial charge on any atom is 0.321 e. The lowest BCUT2D eigenvalue weighted by molar-refractivity contribution is 0.102. The fourth-order valence-electron chi connectivity index (χ4n) is 3.13. The smallest absolute Gasteiger partial charge is 0.321 e. The van der Waals surface area contributed by atoms with Gasteiger partial charge in [0.2, 0.25) is 0 Å². The molecule has 0 saturated carbocycles. The topological polar surface area (TPSA) is 86.4 Å². The fourth-order valence-corrected chi connectivity index (χ4v) is 3.94. The molecule has 8 heteroatoms. The maximum atomic E-state index is 12.6. The van der Waals surface area contributed by atoms with Crippen LogP contribution in [0.15, 0.2) is 42.5 Å². The highest BCUT2D eigenvalue weighted by molar-refractivity contribution is 7.18. The molecule has 144 valence electrons. The average Bonchev–Trinajstić information content (AvgIpc) is 3.08. The average molecular weight is 395 g/mol. The highest BCUT2D eigenvalue weighted by Gasteiger charge is 2.16. The third-order valence-electron chi connectivity index (χ3n) is 4.53. The number of nitrogens with one attached hydrogen (secondary N) is 3. The third-order valence-corrected chi connectivity index (χ3v) is 5.48. The molecule has 1 aliphatic rings. The number of anilines is 2. The molecule has 7 nitrogen and oxygen atoms in total. The molecule has 2 aromatic carbocycles. The van der Waals surface area contributed by atoms with Gasteiger partial charge >= 0.3 is 6.03 Å². The molecular weight excluding hydrogens is 374 g/mol. The molecule has 0 spiro atoms. The minimum atomic E-state index is -0.210. The van der Waals surface area contributed by atoms with Crippen LogP contribution >= 0.6 is 11.3 Å². The van der Waals surface area contributed by atoms with E-state index in [1.807, 2.05) is 13.0 Å². The number of carbonyl (C=O) groups is 2. The van der Waals surface area contributed by atoms with Crippen molar-refractivity contribution in [2.75, 3.05) is 36.8 Å². The van der Waals surface area contributed by atoms with Crippen LogP contribution in [0.1, 0.15) is 15.4 Å². The van der Waals surface area contributed by atoms with Crippen LogP contribution in [-0.2, 0) is 0 Å². The van der Waals surface area contributed by atoms with Crippen molar-refractivity contribution in [1.82, 2.24) is 15.2 Å². The number of hydrogen-bond donors (Lipinski definition) is 3. The third kappa shape index (κ3) is 4.13. The largest absolute Gasteiger partial charge is 0.322 e. The molecule has 0 aliphatic carbocycles. The highest BCUT2D eigenvalue weighted by Crippen LogP contribution is 2.23. The van der Waals surface area contributed by atoms with Crippen molar-refractivity contribution in [3.63, 3.8) is 0 Å². The van der Waals surface area contributed by atoms with Gasteiger partial charge in [-0.25, -0.2) is 9.78 Å². The van der Waals surface area contributed by atoms with Crippen LogP contribution in [0, 0.1) is 6.92 Å². The molecule has 2 heterocycles. The minimum absolute atomic E-state index is 0.130. The number of carbonyl (C=O) groups excluding carboxylic acids is 2. The van der Waals surface area contributed by atoms with Crippen LogP contribution < -0.4 is 16.0 Å². The van der Waals surface area contributed by atoms with Gasteiger partial charge in [-0.1, -0.05) is 6.07 Å². The van der Waals surface area contributed by atoms with Crippen molar-refractivity contribution in [2.45, 2.75) is 6.92 Å². The van der Waals surface area contributed by atoms with E-state index < -0.39 is 0 Å². The summed E-state index contributed by atoms with van der Waals surface area (Å²) in [6.07, 6.45) is 0. The number of aromatic nitrogens is 1. The van der Waals surface area contributed by atoms with E-state index in [1.165, 1.54) is 0 Å². The summed E-state index contributed by atoms with van der Waals surface area (Å²) in [7, 11) is 0. The van der Waals surface area contributed by atoms with Crippen molar-refractivity contribution in [3.8, 4) is 0 Å². The Balaban J connectivity index is 1.44. The molecule has 1 saturated heterocycles. The van der Waals surface area contributed by atoms with Gasteiger partial charge < -0.3 is 20.9 Å². The first-order chi connectivity index (χ1) is 13.6. The summed E-state index contributed by atoms with van der Waals surface area (Å²) >= 11 is 1.60. The van der Waals surface area contributed by atoms with Crippen molar-refractivity contribution in [2.24, 2.45) is 0 Å². The monoisotopic (exact) mass is 395 g/mol. The normalized spacial score (nSPS) is 14.1. The lowest BCUT2D eigenvalue weighted by Gasteiger charge is -2.27. The molecule has 28 heavy (non-hydrogen) atoms. The Hall–Kier alpha value is -2.97. The fraction of sp³-hybridized carbons (Fsp3) is 0.250. The van der Waals surface area contributed by atoms with Crippen molar-refractivity contribution in [3.05, 3.63) is 53.0 Å². The first-order valence-corrected chi connectivity index (χ1v) is 9.95. The van der Waals surface area contributed by atoms with Gasteiger partial charge in [0.1, 0.15) is 0 Å². The van der Waals surface area contributed by atoms with E-state index >= 15 is 0 Å². The van der Waals surface area contributed by atoms with Crippen LogP contribution in [-0.4, -0.2) is 48.0 Å². The number of aryl methyl sites for hydroxylation is 1. The molecule has 1 aliphatic heterocycles. The molecule has 1 aromatic heterocycles. The standard InChI is InChI=1S/C20H21N5O2S/c1-13-22-17-11-14(5-6-18(17)28-13)19(26)23-15-3-2-4-16(12-15)24-20(27)25-9-7-21-8-10-25/h2-6,11-12,21H,7-10H2,1H3,(H,23,26)(H,24,27). The van der Waals surface area contributed by atoms with E-state index in [0.29, 0.717) is 30.0 Å². The SMILES string of the molecule is Cc1nc2cc(C(=O)Nc3cccc(NC(=O)N4CCNCC4)c3)ccc2s1. The molecule has 3 N–H and O–H groups in total. The summed E-state index contributed by atoms with van der Waals surface area (Å²) in [5, 5.41) is 9.97. The molecule has 0 unspecified atom stereocenters. The van der Waals surface area contributed by atoms with E-state index in [9.17, 15) is 9.59 Å². The van der Waals surface area contributed by atoms with Crippen molar-refractivity contribution < 1.29 is 9.59 Å². The Morgan fingerprint density at radius 3 is 2.61 bits per heavy atom. The van der Waals surface area contributed by atoms with Crippen LogP contribution in [0.3, 0.4) is 0 Å². The maximum absolute atomic E-state index is 12.6. The van der Waals surface area contributed by atoms with E-state index in [-0.39, 0.29) is 11.9 Å². The lowest BCUT2D eigenvalue weighted by Crippen LogP contribution is -2.48. The summed E-state index contributed by atoms with van der Waals surface area (Å²) < 4.78 is 1.06. The molecule has 4 rings (SSSR count). The lowest BCUT2D eigenvalue weighted by atomic mass is 10.2. The summed E-state index contributed by atoms with van der Waals surface area (Å²) in [6, 6.07) is 12.5. The number of rotatable bonds is 3. The van der Waals surface area contributed by atoms with Crippen LogP contribution in [0.25, 0.3) is 10.2 Å². The summed E-state index contributed by atoms with van der Waals surface area (Å²) in [4.78, 5) is 31.2. The summed E-state index contributed by atoms with van der Waals surface area (Å²) in [5.41, 5.74) is 2.64. The Labute approximate surface area is 166 Å². The number of hydrogen-bond acceptors (Lipinski definition) is 5. The number of amides is 3. The van der Waals surface area contributed by atoms with Crippen molar-refractivity contribution in [1.29, 1.82) is 0 Å². The van der Waals surface area contributed by atoms with E-state index in [4.69, 9.17) is 0 Å². The first-order valence-electron chi connectivity index (χ1n) is 9.14. The Morgan fingerprint density at radius 2 is 1.82 bits per heavy atom. The van der Waals surface area contributed by atoms with Gasteiger partial charge in [-0.05, 0) is 43.3 Å². The number of nitrogens with zero attached hydrogens (tertiary/aromatic N) is 2. The van der Waals surface area contributed by atoms with E-state index in [0.717, 1.165) is 28.3 Å². The zero-order valence-electron chi connectivity index (χ0n) is 15.5. The number of fused-ring (bicyclic) bond motifs is 1. The second-order valence-corrected chi connectivity index (χ2v) is 7.85. The summed E-state index contributed by atoms with van der Waals surface area (Å²) in [5.74, 6) is -0.210. The quantitative estimate of drug-likeness (QED) is 0.635. The Kier molecular flexibility index (Phi) is 5.23. The number of benzene rings is 2. The Morgan fingerprint density at radius 1 is 1.07 bits per heavy atom. The first kappa shape index (κ1) is 18.4. The van der Waals surface area contributed by atoms with Gasteiger partial charge in [0.25, 0.3) is 5.91 Å². The van der Waals surface area contributed by atoms with Crippen molar-refractivity contribution >= 4 is 44.9 Å². The van der Waals surface area contributed by atoms with Gasteiger partial charge in [0, 0.05) is 43.1 Å². The second-order valence-electron chi connectivity index (χ2n) is 6.62.